The summed E-state index contributed by atoms with van der Waals surface area (Å²) in [4.78, 5) is 26.5. The van der Waals surface area contributed by atoms with Crippen molar-refractivity contribution in [3.05, 3.63) is 71.8 Å². The molecule has 1 fully saturated rings. The van der Waals surface area contributed by atoms with Crippen LogP contribution < -0.4 is 10.0 Å². The quantitative estimate of drug-likeness (QED) is 0.531. The van der Waals surface area contributed by atoms with Gasteiger partial charge in [-0.25, -0.2) is 17.9 Å². The number of fused-ring (bicyclic) bond motifs is 1. The first-order chi connectivity index (χ1) is 16.8. The number of likely N-dealkylation sites (tertiary alicyclic amines) is 1. The minimum atomic E-state index is -3.84. The molecule has 8 nitrogen and oxygen atoms in total. The van der Waals surface area contributed by atoms with Gasteiger partial charge in [0.25, 0.3) is 5.91 Å². The molecule has 0 atom stereocenters. The molecule has 35 heavy (non-hydrogen) atoms. The van der Waals surface area contributed by atoms with E-state index < -0.39 is 10.0 Å². The number of aryl methyl sites for hydroxylation is 1. The third-order valence-corrected chi connectivity index (χ3v) is 7.73. The highest BCUT2D eigenvalue weighted by Gasteiger charge is 2.28. The summed E-state index contributed by atoms with van der Waals surface area (Å²) < 4.78 is 34.5. The molecule has 1 heterocycles. The zero-order chi connectivity index (χ0) is 25.0. The van der Waals surface area contributed by atoms with Gasteiger partial charge in [-0.15, -0.1) is 0 Å². The average molecular weight is 496 g/mol. The van der Waals surface area contributed by atoms with Gasteiger partial charge in [0.15, 0.2) is 0 Å². The van der Waals surface area contributed by atoms with Crippen LogP contribution in [0.1, 0.15) is 35.7 Å². The highest BCUT2D eigenvalue weighted by atomic mass is 32.2. The molecule has 0 spiro atoms. The number of carbonyl (C=O) groups excluding carboxylic acids is 2. The van der Waals surface area contributed by atoms with E-state index in [1.165, 1.54) is 0 Å². The summed E-state index contributed by atoms with van der Waals surface area (Å²) in [7, 11) is -3.84. The molecule has 0 aliphatic carbocycles. The lowest BCUT2D eigenvalue weighted by atomic mass is 10.1. The van der Waals surface area contributed by atoms with Crippen molar-refractivity contribution in [1.29, 1.82) is 0 Å². The molecular formula is C26H29N3O5S. The highest BCUT2D eigenvalue weighted by Crippen LogP contribution is 2.30. The van der Waals surface area contributed by atoms with Crippen LogP contribution in [0.4, 0.5) is 10.5 Å². The van der Waals surface area contributed by atoms with Gasteiger partial charge in [0.1, 0.15) is 0 Å². The summed E-state index contributed by atoms with van der Waals surface area (Å²) >= 11 is 0. The lowest BCUT2D eigenvalue weighted by Crippen LogP contribution is -2.46. The fourth-order valence-corrected chi connectivity index (χ4v) is 5.85. The van der Waals surface area contributed by atoms with Crippen molar-refractivity contribution in [2.24, 2.45) is 0 Å². The summed E-state index contributed by atoms with van der Waals surface area (Å²) in [6.45, 7) is 4.78. The largest absolute Gasteiger partial charge is 0.450 e. The minimum Gasteiger partial charge on any atom is -0.450 e. The van der Waals surface area contributed by atoms with E-state index in [2.05, 4.69) is 10.0 Å². The van der Waals surface area contributed by atoms with Gasteiger partial charge < -0.3 is 15.0 Å². The average Bonchev–Trinajstić information content (AvgIpc) is 2.84. The van der Waals surface area contributed by atoms with E-state index in [-0.39, 0.29) is 22.9 Å². The van der Waals surface area contributed by atoms with Crippen LogP contribution >= 0.6 is 0 Å². The van der Waals surface area contributed by atoms with E-state index in [1.807, 2.05) is 19.1 Å². The van der Waals surface area contributed by atoms with Crippen LogP contribution in [0, 0.1) is 6.92 Å². The molecule has 4 rings (SSSR count). The van der Waals surface area contributed by atoms with Crippen molar-refractivity contribution in [2.75, 3.05) is 25.0 Å². The van der Waals surface area contributed by atoms with Crippen molar-refractivity contribution >= 4 is 38.5 Å². The number of sulfonamides is 1. The zero-order valence-corrected chi connectivity index (χ0v) is 20.6. The van der Waals surface area contributed by atoms with Crippen molar-refractivity contribution in [3.63, 3.8) is 0 Å². The summed E-state index contributed by atoms with van der Waals surface area (Å²) in [5.41, 5.74) is 1.95. The molecule has 9 heteroatoms. The maximum Gasteiger partial charge on any atom is 0.409 e. The van der Waals surface area contributed by atoms with E-state index in [1.54, 1.807) is 60.4 Å². The van der Waals surface area contributed by atoms with Gasteiger partial charge in [-0.1, -0.05) is 42.5 Å². The maximum absolute atomic E-state index is 13.3. The number of ether oxygens (including phenoxy) is 1. The van der Waals surface area contributed by atoms with Gasteiger partial charge in [-0.3, -0.25) is 4.79 Å². The Bertz CT molecular complexity index is 1350. The smallest absolute Gasteiger partial charge is 0.409 e. The van der Waals surface area contributed by atoms with Crippen molar-refractivity contribution < 1.29 is 22.7 Å². The SMILES string of the molecule is CCOC(=O)N1CCC(NS(=O)(=O)c2cccc3c(NC(=O)c4ccccc4C)cccc23)CC1. The number of anilines is 1. The monoisotopic (exact) mass is 495 g/mol. The lowest BCUT2D eigenvalue weighted by Gasteiger charge is -2.31. The molecular weight excluding hydrogens is 466 g/mol. The van der Waals surface area contributed by atoms with Crippen LogP contribution in [0.2, 0.25) is 0 Å². The standard InChI is InChI=1S/C26H29N3O5S/c1-3-34-26(31)29-16-14-19(15-17-29)28-35(32,33)24-13-7-10-21-22(24)11-6-12-23(21)27-25(30)20-9-5-4-8-18(20)2/h4-13,19,28H,3,14-17H2,1-2H3,(H,27,30). The van der Waals surface area contributed by atoms with Gasteiger partial charge >= 0.3 is 6.09 Å². The summed E-state index contributed by atoms with van der Waals surface area (Å²) in [5.74, 6) is -0.254. The van der Waals surface area contributed by atoms with E-state index in [0.29, 0.717) is 54.6 Å². The number of benzene rings is 3. The normalized spacial score (nSPS) is 14.6. The molecule has 1 saturated heterocycles. The second-order valence-electron chi connectivity index (χ2n) is 8.51. The molecule has 0 radical (unpaired) electrons. The second-order valence-corrected chi connectivity index (χ2v) is 10.2. The van der Waals surface area contributed by atoms with Gasteiger partial charge in [-0.2, -0.15) is 0 Å². The summed E-state index contributed by atoms with van der Waals surface area (Å²) in [6.07, 6.45) is 0.629. The first-order valence-electron chi connectivity index (χ1n) is 11.6. The van der Waals surface area contributed by atoms with Crippen LogP contribution in [0.5, 0.6) is 0 Å². The Kier molecular flexibility index (Phi) is 7.37. The molecule has 1 aliphatic heterocycles. The fraction of sp³-hybridized carbons (Fsp3) is 0.308. The van der Waals surface area contributed by atoms with Gasteiger partial charge in [0.05, 0.1) is 11.5 Å². The third kappa shape index (κ3) is 5.47. The predicted octanol–water partition coefficient (Wildman–Crippen LogP) is 4.30. The number of nitrogens with one attached hydrogen (secondary N) is 2. The molecule has 3 aromatic rings. The molecule has 2 amide bonds. The van der Waals surface area contributed by atoms with Crippen molar-refractivity contribution in [3.8, 4) is 0 Å². The lowest BCUT2D eigenvalue weighted by molar-refractivity contribution is 0.0964. The first kappa shape index (κ1) is 24.7. The van der Waals surface area contributed by atoms with E-state index in [0.717, 1.165) is 5.56 Å². The number of hydrogen-bond donors (Lipinski definition) is 2. The fourth-order valence-electron chi connectivity index (χ4n) is 4.32. The first-order valence-corrected chi connectivity index (χ1v) is 13.1. The van der Waals surface area contributed by atoms with Crippen LogP contribution in [0.25, 0.3) is 10.8 Å². The molecule has 2 N–H and O–H groups in total. The van der Waals surface area contributed by atoms with Gasteiger partial charge in [0.2, 0.25) is 10.0 Å². The molecule has 0 bridgehead atoms. The van der Waals surface area contributed by atoms with Crippen LogP contribution in [-0.2, 0) is 14.8 Å². The Hall–Kier alpha value is -3.43. The maximum atomic E-state index is 13.3. The molecule has 0 unspecified atom stereocenters. The second kappa shape index (κ2) is 10.5. The Morgan fingerprint density at radius 3 is 2.37 bits per heavy atom. The zero-order valence-electron chi connectivity index (χ0n) is 19.8. The van der Waals surface area contributed by atoms with Crippen molar-refractivity contribution in [2.45, 2.75) is 37.6 Å². The molecule has 184 valence electrons. The predicted molar refractivity (Wildman–Crippen MR) is 135 cm³/mol. The number of carbonyl (C=O) groups is 2. The number of amides is 2. The number of nitrogens with zero attached hydrogens (tertiary/aromatic N) is 1. The Labute approximate surface area is 205 Å². The topological polar surface area (TPSA) is 105 Å². The van der Waals surface area contributed by atoms with E-state index >= 15 is 0 Å². The molecule has 0 aromatic heterocycles. The Balaban J connectivity index is 1.54. The number of piperidine rings is 1. The molecule has 1 aliphatic rings. The van der Waals surface area contributed by atoms with Crippen LogP contribution in [0.15, 0.2) is 65.6 Å². The summed E-state index contributed by atoms with van der Waals surface area (Å²) in [5, 5.41) is 4.08. The Morgan fingerprint density at radius 2 is 1.66 bits per heavy atom. The number of rotatable bonds is 6. The number of hydrogen-bond acceptors (Lipinski definition) is 5. The highest BCUT2D eigenvalue weighted by molar-refractivity contribution is 7.89. The third-order valence-electron chi connectivity index (χ3n) is 6.15. The Morgan fingerprint density at radius 1 is 0.971 bits per heavy atom. The summed E-state index contributed by atoms with van der Waals surface area (Å²) in [6, 6.07) is 17.2. The van der Waals surface area contributed by atoms with Crippen LogP contribution in [-0.4, -0.2) is 51.1 Å². The minimum absolute atomic E-state index is 0.148. The van der Waals surface area contributed by atoms with Gasteiger partial charge in [-0.05, 0) is 50.5 Å². The van der Waals surface area contributed by atoms with Crippen molar-refractivity contribution in [1.82, 2.24) is 9.62 Å². The molecule has 0 saturated carbocycles. The van der Waals surface area contributed by atoms with Crippen LogP contribution in [0.3, 0.4) is 0 Å². The van der Waals surface area contributed by atoms with E-state index in [9.17, 15) is 18.0 Å². The molecule has 3 aromatic carbocycles. The van der Waals surface area contributed by atoms with E-state index in [4.69, 9.17) is 4.74 Å². The van der Waals surface area contributed by atoms with Gasteiger partial charge in [0, 0.05) is 41.2 Å².